The van der Waals surface area contributed by atoms with E-state index in [1.165, 1.54) is 0 Å². The van der Waals surface area contributed by atoms with E-state index in [1.807, 2.05) is 20.8 Å². The van der Waals surface area contributed by atoms with Crippen LogP contribution in [0.2, 0.25) is 0 Å². The number of aromatic nitrogens is 2. The highest BCUT2D eigenvalue weighted by Gasteiger charge is 2.08. The third kappa shape index (κ3) is 8.06. The maximum Gasteiger partial charge on any atom is 0.305 e. The Hall–Kier alpha value is -1.08. The van der Waals surface area contributed by atoms with E-state index in [4.69, 9.17) is 0 Å². The number of hydrazone groups is 1. The third-order valence-electron chi connectivity index (χ3n) is 2.27. The number of hydrogen-bond donors (Lipinski definition) is 1. The van der Waals surface area contributed by atoms with Crippen LogP contribution in [0.4, 0.5) is 4.79 Å². The maximum atomic E-state index is 11.7. The van der Waals surface area contributed by atoms with E-state index in [1.54, 1.807) is 24.0 Å². The fourth-order valence-electron chi connectivity index (χ4n) is 1.29. The van der Waals surface area contributed by atoms with Crippen LogP contribution < -0.4 is 5.43 Å². The average molecular weight is 326 g/mol. The minimum Gasteiger partial charge on any atom is -0.260 e. The van der Waals surface area contributed by atoms with E-state index in [0.29, 0.717) is 10.9 Å². The zero-order chi connectivity index (χ0) is 15.7. The molecule has 0 unspecified atom stereocenters. The molecule has 0 atom stereocenters. The van der Waals surface area contributed by atoms with Gasteiger partial charge in [-0.3, -0.25) is 4.79 Å². The molecule has 1 aromatic rings. The Morgan fingerprint density at radius 1 is 1.48 bits per heavy atom. The average Bonchev–Trinajstić information content (AvgIpc) is 2.37. The van der Waals surface area contributed by atoms with Gasteiger partial charge in [-0.05, 0) is 37.1 Å². The second-order valence-electron chi connectivity index (χ2n) is 4.86. The first-order valence-electron chi connectivity index (χ1n) is 7.00. The van der Waals surface area contributed by atoms with Gasteiger partial charge in [0, 0.05) is 17.7 Å². The van der Waals surface area contributed by atoms with Gasteiger partial charge in [-0.2, -0.15) is 5.10 Å². The molecule has 0 aromatic carbocycles. The van der Waals surface area contributed by atoms with Crippen LogP contribution in [0, 0.1) is 12.8 Å². The Kier molecular flexibility index (Phi) is 8.37. The fraction of sp³-hybridized carbons (Fsp3) is 0.571. The highest BCUT2D eigenvalue weighted by molar-refractivity contribution is 8.13. The van der Waals surface area contributed by atoms with Crippen molar-refractivity contribution in [2.75, 3.05) is 5.75 Å². The molecule has 21 heavy (non-hydrogen) atoms. The van der Waals surface area contributed by atoms with Gasteiger partial charge in [0.15, 0.2) is 5.16 Å². The Morgan fingerprint density at radius 2 is 2.24 bits per heavy atom. The molecule has 0 fully saturated rings. The summed E-state index contributed by atoms with van der Waals surface area (Å²) >= 11 is 2.66. The number of aryl methyl sites for hydroxylation is 1. The number of unbranched alkanes of at least 4 members (excludes halogenated alkanes) is 1. The van der Waals surface area contributed by atoms with E-state index >= 15 is 0 Å². The van der Waals surface area contributed by atoms with Crippen LogP contribution in [0.5, 0.6) is 0 Å². The Morgan fingerprint density at radius 3 is 2.90 bits per heavy atom. The van der Waals surface area contributed by atoms with Gasteiger partial charge in [0.1, 0.15) is 5.03 Å². The van der Waals surface area contributed by atoms with Gasteiger partial charge < -0.3 is 0 Å². The molecule has 0 spiro atoms. The molecule has 1 N–H and O–H groups in total. The number of amides is 1. The van der Waals surface area contributed by atoms with Crippen LogP contribution >= 0.6 is 23.5 Å². The quantitative estimate of drug-likeness (QED) is 0.204. The van der Waals surface area contributed by atoms with Crippen molar-refractivity contribution in [3.63, 3.8) is 0 Å². The van der Waals surface area contributed by atoms with Gasteiger partial charge in [-0.1, -0.05) is 39.0 Å². The second-order valence-corrected chi connectivity index (χ2v) is 6.91. The first kappa shape index (κ1) is 18.0. The summed E-state index contributed by atoms with van der Waals surface area (Å²) < 4.78 is 0. The topological polar surface area (TPSA) is 67.2 Å². The van der Waals surface area contributed by atoms with Crippen LogP contribution in [0.25, 0.3) is 0 Å². The molecular weight excluding hydrogens is 304 g/mol. The zero-order valence-corrected chi connectivity index (χ0v) is 14.6. The van der Waals surface area contributed by atoms with E-state index in [9.17, 15) is 4.79 Å². The van der Waals surface area contributed by atoms with E-state index in [2.05, 4.69) is 27.4 Å². The number of rotatable bonds is 7. The summed E-state index contributed by atoms with van der Waals surface area (Å²) in [5.41, 5.74) is 3.35. The van der Waals surface area contributed by atoms with Crippen LogP contribution in [0.15, 0.2) is 21.4 Å². The zero-order valence-electron chi connectivity index (χ0n) is 12.9. The maximum absolute atomic E-state index is 11.7. The normalized spacial score (nSPS) is 11.3. The molecule has 1 rings (SSSR count). The number of carbonyl (C=O) groups excluding carboxylic acids is 1. The predicted molar refractivity (Wildman–Crippen MR) is 90.1 cm³/mol. The van der Waals surface area contributed by atoms with Gasteiger partial charge in [-0.15, -0.1) is 0 Å². The monoisotopic (exact) mass is 326 g/mol. The summed E-state index contributed by atoms with van der Waals surface area (Å²) in [7, 11) is 0. The van der Waals surface area contributed by atoms with E-state index in [0.717, 1.165) is 41.2 Å². The molecule has 0 aliphatic heterocycles. The third-order valence-corrected chi connectivity index (χ3v) is 3.89. The van der Waals surface area contributed by atoms with Crippen molar-refractivity contribution < 1.29 is 4.79 Å². The summed E-state index contributed by atoms with van der Waals surface area (Å²) in [6.07, 6.45) is 3.97. The SMILES string of the molecule is CCCCSc1nc(C)cc(SC(=O)NN=CC(C)C)n1. The molecule has 0 saturated heterocycles. The minimum absolute atomic E-state index is 0.241. The number of carbonyl (C=O) groups is 1. The van der Waals surface area contributed by atoms with Crippen LogP contribution in [-0.4, -0.2) is 27.2 Å². The number of nitrogens with zero attached hydrogens (tertiary/aromatic N) is 3. The molecule has 1 amide bonds. The molecule has 1 aromatic heterocycles. The molecular formula is C14H22N4OS2. The first-order valence-corrected chi connectivity index (χ1v) is 8.81. The summed E-state index contributed by atoms with van der Waals surface area (Å²) in [4.78, 5) is 20.5. The van der Waals surface area contributed by atoms with Crippen molar-refractivity contribution in [1.29, 1.82) is 0 Å². The first-order chi connectivity index (χ1) is 10.0. The van der Waals surface area contributed by atoms with Crippen molar-refractivity contribution >= 4 is 35.0 Å². The van der Waals surface area contributed by atoms with Gasteiger partial charge in [0.05, 0.1) is 0 Å². The van der Waals surface area contributed by atoms with Crippen molar-refractivity contribution in [2.45, 2.75) is 50.7 Å². The molecule has 0 aliphatic rings. The van der Waals surface area contributed by atoms with Crippen molar-refractivity contribution in [2.24, 2.45) is 11.0 Å². The number of nitrogens with one attached hydrogen (secondary N) is 1. The lowest BCUT2D eigenvalue weighted by Crippen LogP contribution is -2.12. The Labute approximate surface area is 134 Å². The second kappa shape index (κ2) is 9.78. The van der Waals surface area contributed by atoms with Gasteiger partial charge in [-0.25, -0.2) is 15.4 Å². The molecule has 0 radical (unpaired) electrons. The molecule has 0 aliphatic carbocycles. The summed E-state index contributed by atoms with van der Waals surface area (Å²) in [5.74, 6) is 1.30. The van der Waals surface area contributed by atoms with Gasteiger partial charge >= 0.3 is 5.24 Å². The van der Waals surface area contributed by atoms with Crippen LogP contribution in [-0.2, 0) is 0 Å². The molecule has 116 valence electrons. The number of hydrogen-bond acceptors (Lipinski definition) is 6. The highest BCUT2D eigenvalue weighted by atomic mass is 32.2. The molecule has 5 nitrogen and oxygen atoms in total. The number of thioether (sulfide) groups is 2. The molecule has 7 heteroatoms. The van der Waals surface area contributed by atoms with Gasteiger partial charge in [0.2, 0.25) is 0 Å². The standard InChI is InChI=1S/C14H22N4OS2/c1-5-6-7-20-13-16-11(4)8-12(17-13)21-14(19)18-15-9-10(2)3/h8-10H,5-7H2,1-4H3,(H,18,19). The Balaban J connectivity index is 2.59. The van der Waals surface area contributed by atoms with E-state index < -0.39 is 0 Å². The van der Waals surface area contributed by atoms with Crippen molar-refractivity contribution in [3.8, 4) is 0 Å². The highest BCUT2D eigenvalue weighted by Crippen LogP contribution is 2.22. The predicted octanol–water partition coefficient (Wildman–Crippen LogP) is 4.12. The lowest BCUT2D eigenvalue weighted by Gasteiger charge is -2.04. The summed E-state index contributed by atoms with van der Waals surface area (Å²) in [5, 5.41) is 5.02. The summed E-state index contributed by atoms with van der Waals surface area (Å²) in [6.45, 7) is 8.05. The van der Waals surface area contributed by atoms with E-state index in [-0.39, 0.29) is 5.24 Å². The smallest absolute Gasteiger partial charge is 0.260 e. The van der Waals surface area contributed by atoms with Gasteiger partial charge in [0.25, 0.3) is 0 Å². The molecule has 1 heterocycles. The molecule has 0 saturated carbocycles. The lowest BCUT2D eigenvalue weighted by molar-refractivity contribution is 0.261. The molecule has 0 bridgehead atoms. The lowest BCUT2D eigenvalue weighted by atomic mass is 10.3. The van der Waals surface area contributed by atoms with Crippen LogP contribution in [0.3, 0.4) is 0 Å². The van der Waals surface area contributed by atoms with Crippen molar-refractivity contribution in [3.05, 3.63) is 11.8 Å². The summed E-state index contributed by atoms with van der Waals surface area (Å²) in [6, 6.07) is 1.81. The largest absolute Gasteiger partial charge is 0.305 e. The van der Waals surface area contributed by atoms with Crippen molar-refractivity contribution in [1.82, 2.24) is 15.4 Å². The van der Waals surface area contributed by atoms with Crippen LogP contribution in [0.1, 0.15) is 39.3 Å². The fourth-order valence-corrected chi connectivity index (χ4v) is 2.99. The Bertz CT molecular complexity index is 492. The minimum atomic E-state index is -0.241.